The van der Waals surface area contributed by atoms with Crippen LogP contribution in [0.2, 0.25) is 0 Å². The highest BCUT2D eigenvalue weighted by molar-refractivity contribution is 7.90. The normalized spacial score (nSPS) is 13.2. The zero-order chi connectivity index (χ0) is 13.5. The molecule has 0 saturated carbocycles. The topological polar surface area (TPSA) is 70.0 Å². The van der Waals surface area contributed by atoms with E-state index in [1.807, 2.05) is 13.8 Å². The average Bonchev–Trinajstić information content (AvgIpc) is 2.22. The standard InChI is InChI=1S/C11H24N2O3S/c1-11(2,6-5-8-14)7-9-17(15,16)12-10-13(3)4/h10,14H,5-9H2,1-4H3. The maximum absolute atomic E-state index is 11.6. The molecule has 0 heterocycles. The van der Waals surface area contributed by atoms with Gasteiger partial charge in [-0.3, -0.25) is 0 Å². The van der Waals surface area contributed by atoms with E-state index in [1.54, 1.807) is 19.0 Å². The molecule has 0 aliphatic heterocycles. The van der Waals surface area contributed by atoms with Gasteiger partial charge in [-0.2, -0.15) is 4.40 Å². The van der Waals surface area contributed by atoms with E-state index < -0.39 is 10.0 Å². The largest absolute Gasteiger partial charge is 0.396 e. The van der Waals surface area contributed by atoms with Gasteiger partial charge in [0.05, 0.1) is 5.75 Å². The van der Waals surface area contributed by atoms with E-state index in [-0.39, 0.29) is 17.8 Å². The third-order valence-corrected chi connectivity index (χ3v) is 3.62. The SMILES string of the molecule is CN(C)C=NS(=O)(=O)CCC(C)(C)CCCO. The van der Waals surface area contributed by atoms with Gasteiger partial charge in [0.15, 0.2) is 0 Å². The van der Waals surface area contributed by atoms with Crippen molar-refractivity contribution in [2.75, 3.05) is 26.5 Å². The molecule has 17 heavy (non-hydrogen) atoms. The number of hydrogen-bond donors (Lipinski definition) is 1. The van der Waals surface area contributed by atoms with Crippen molar-refractivity contribution in [1.82, 2.24) is 4.90 Å². The number of hydrogen-bond acceptors (Lipinski definition) is 3. The molecule has 0 radical (unpaired) electrons. The Bertz CT molecular complexity index is 335. The van der Waals surface area contributed by atoms with Gasteiger partial charge in [-0.15, -0.1) is 0 Å². The summed E-state index contributed by atoms with van der Waals surface area (Å²) >= 11 is 0. The highest BCUT2D eigenvalue weighted by Gasteiger charge is 2.20. The summed E-state index contributed by atoms with van der Waals surface area (Å²) < 4.78 is 26.7. The number of aliphatic hydroxyl groups excluding tert-OH is 1. The predicted molar refractivity (Wildman–Crippen MR) is 70.7 cm³/mol. The minimum Gasteiger partial charge on any atom is -0.396 e. The van der Waals surface area contributed by atoms with E-state index in [2.05, 4.69) is 4.40 Å². The third-order valence-electron chi connectivity index (χ3n) is 2.49. The first-order valence-corrected chi connectivity index (χ1v) is 7.35. The minimum atomic E-state index is -3.37. The summed E-state index contributed by atoms with van der Waals surface area (Å²) in [5, 5.41) is 8.76. The summed E-state index contributed by atoms with van der Waals surface area (Å²) in [7, 11) is 0.0832. The van der Waals surface area contributed by atoms with Gasteiger partial charge in [-0.05, 0) is 24.7 Å². The molecule has 0 aliphatic rings. The summed E-state index contributed by atoms with van der Waals surface area (Å²) in [6.07, 6.45) is 3.38. The van der Waals surface area contributed by atoms with Crippen molar-refractivity contribution in [2.24, 2.45) is 9.81 Å². The molecule has 0 aromatic rings. The van der Waals surface area contributed by atoms with Crippen LogP contribution in [0.5, 0.6) is 0 Å². The van der Waals surface area contributed by atoms with Crippen LogP contribution in [0.4, 0.5) is 0 Å². The number of nitrogens with zero attached hydrogens (tertiary/aromatic N) is 2. The van der Waals surface area contributed by atoms with E-state index in [9.17, 15) is 8.42 Å². The Labute approximate surface area is 105 Å². The van der Waals surface area contributed by atoms with Crippen LogP contribution in [0, 0.1) is 5.41 Å². The molecule has 0 aliphatic carbocycles. The molecule has 0 unspecified atom stereocenters. The minimum absolute atomic E-state index is 0.0514. The van der Waals surface area contributed by atoms with Crippen molar-refractivity contribution in [3.63, 3.8) is 0 Å². The molecule has 0 rings (SSSR count). The van der Waals surface area contributed by atoms with E-state index in [0.717, 1.165) is 6.42 Å². The highest BCUT2D eigenvalue weighted by Crippen LogP contribution is 2.27. The summed E-state index contributed by atoms with van der Waals surface area (Å²) in [5.41, 5.74) is -0.0799. The first-order chi connectivity index (χ1) is 7.68. The Hall–Kier alpha value is -0.620. The van der Waals surface area contributed by atoms with Gasteiger partial charge in [0.1, 0.15) is 6.34 Å². The van der Waals surface area contributed by atoms with Gasteiger partial charge in [-0.1, -0.05) is 13.8 Å². The Morgan fingerprint density at radius 1 is 1.29 bits per heavy atom. The lowest BCUT2D eigenvalue weighted by molar-refractivity contribution is 0.237. The molecule has 1 N–H and O–H groups in total. The number of sulfonamides is 1. The third kappa shape index (κ3) is 9.12. The lowest BCUT2D eigenvalue weighted by Crippen LogP contribution is -2.18. The zero-order valence-corrected chi connectivity index (χ0v) is 12.0. The molecular formula is C11H24N2O3S. The average molecular weight is 264 g/mol. The van der Waals surface area contributed by atoms with E-state index >= 15 is 0 Å². The molecule has 0 atom stereocenters. The quantitative estimate of drug-likeness (QED) is 0.526. The van der Waals surface area contributed by atoms with Gasteiger partial charge in [0, 0.05) is 20.7 Å². The first kappa shape index (κ1) is 16.4. The van der Waals surface area contributed by atoms with Gasteiger partial charge in [0.25, 0.3) is 10.0 Å². The molecular weight excluding hydrogens is 240 g/mol. The van der Waals surface area contributed by atoms with E-state index in [4.69, 9.17) is 5.11 Å². The van der Waals surface area contributed by atoms with Crippen LogP contribution >= 0.6 is 0 Å². The number of aliphatic hydroxyl groups is 1. The molecule has 0 spiro atoms. The van der Waals surface area contributed by atoms with Gasteiger partial charge in [0.2, 0.25) is 0 Å². The highest BCUT2D eigenvalue weighted by atomic mass is 32.2. The second-order valence-electron chi connectivity index (χ2n) is 5.21. The second kappa shape index (κ2) is 6.96. The Kier molecular flexibility index (Phi) is 6.70. The van der Waals surface area contributed by atoms with Crippen molar-refractivity contribution in [2.45, 2.75) is 33.1 Å². The van der Waals surface area contributed by atoms with Gasteiger partial charge in [-0.25, -0.2) is 8.42 Å². The lowest BCUT2D eigenvalue weighted by atomic mass is 9.85. The first-order valence-electron chi connectivity index (χ1n) is 5.74. The smallest absolute Gasteiger partial charge is 0.254 e. The van der Waals surface area contributed by atoms with Crippen LogP contribution in [-0.4, -0.2) is 51.2 Å². The monoisotopic (exact) mass is 264 g/mol. The Balaban J connectivity index is 4.26. The van der Waals surface area contributed by atoms with Gasteiger partial charge >= 0.3 is 0 Å². The lowest BCUT2D eigenvalue weighted by Gasteiger charge is -2.23. The van der Waals surface area contributed by atoms with Crippen LogP contribution in [0.1, 0.15) is 33.1 Å². The van der Waals surface area contributed by atoms with Crippen molar-refractivity contribution < 1.29 is 13.5 Å². The maximum Gasteiger partial charge on any atom is 0.254 e. The fourth-order valence-corrected chi connectivity index (χ4v) is 2.55. The molecule has 102 valence electrons. The van der Waals surface area contributed by atoms with Crippen molar-refractivity contribution in [1.29, 1.82) is 0 Å². The molecule has 0 saturated heterocycles. The number of rotatable bonds is 8. The molecule has 0 aromatic carbocycles. The molecule has 0 fully saturated rings. The molecule has 0 aromatic heterocycles. The van der Waals surface area contributed by atoms with Crippen molar-refractivity contribution in [3.8, 4) is 0 Å². The maximum atomic E-state index is 11.6. The molecule has 0 bridgehead atoms. The zero-order valence-electron chi connectivity index (χ0n) is 11.2. The summed E-state index contributed by atoms with van der Waals surface area (Å²) in [5.74, 6) is 0.0514. The fraction of sp³-hybridized carbons (Fsp3) is 0.909. The van der Waals surface area contributed by atoms with Crippen LogP contribution in [0.3, 0.4) is 0 Å². The Morgan fingerprint density at radius 2 is 1.88 bits per heavy atom. The summed E-state index contributed by atoms with van der Waals surface area (Å²) in [4.78, 5) is 1.59. The van der Waals surface area contributed by atoms with Crippen molar-refractivity contribution in [3.05, 3.63) is 0 Å². The fourth-order valence-electron chi connectivity index (χ4n) is 1.31. The van der Waals surface area contributed by atoms with Crippen LogP contribution in [0.25, 0.3) is 0 Å². The predicted octanol–water partition coefficient (Wildman–Crippen LogP) is 1.09. The summed E-state index contributed by atoms with van der Waals surface area (Å²) in [6, 6.07) is 0. The van der Waals surface area contributed by atoms with E-state index in [0.29, 0.717) is 12.8 Å². The molecule has 0 amide bonds. The van der Waals surface area contributed by atoms with Crippen molar-refractivity contribution >= 4 is 16.4 Å². The van der Waals surface area contributed by atoms with Gasteiger partial charge < -0.3 is 10.0 Å². The molecule has 6 heteroatoms. The van der Waals surface area contributed by atoms with Crippen LogP contribution in [-0.2, 0) is 10.0 Å². The van der Waals surface area contributed by atoms with Crippen LogP contribution in [0.15, 0.2) is 4.40 Å². The second-order valence-corrected chi connectivity index (χ2v) is 6.99. The van der Waals surface area contributed by atoms with Crippen LogP contribution < -0.4 is 0 Å². The molecule has 5 nitrogen and oxygen atoms in total. The summed E-state index contributed by atoms with van der Waals surface area (Å²) in [6.45, 7) is 4.16. The Morgan fingerprint density at radius 3 is 2.35 bits per heavy atom. The van der Waals surface area contributed by atoms with E-state index in [1.165, 1.54) is 6.34 Å².